The topological polar surface area (TPSA) is 19.9 Å². The third-order valence-corrected chi connectivity index (χ3v) is 28.1. The maximum absolute atomic E-state index is 13.2. The summed E-state index contributed by atoms with van der Waals surface area (Å²) in [5, 5.41) is 13.2. The highest BCUT2D eigenvalue weighted by atomic mass is 127. The van der Waals surface area contributed by atoms with Crippen molar-refractivity contribution in [1.82, 2.24) is 0 Å². The monoisotopic (exact) mass is 1740 g/mol. The van der Waals surface area contributed by atoms with E-state index in [1.54, 1.807) is 0 Å². The second-order valence-corrected chi connectivity index (χ2v) is 44.8. The average Bonchev–Trinajstić information content (AvgIpc) is 2.07. The smallest absolute Gasteiger partial charge is 0.205 e. The van der Waals surface area contributed by atoms with Crippen molar-refractivity contribution in [2.75, 3.05) is 0 Å². The molecule has 1 radical (unpaired) electrons. The molecule has 0 spiro atoms. The Morgan fingerprint density at radius 3 is 0.650 bits per heavy atom. The zero-order chi connectivity index (χ0) is 17.0. The van der Waals surface area contributed by atoms with Gasteiger partial charge in [-0.05, 0) is 45.2 Å². The zero-order valence-corrected chi connectivity index (χ0v) is 36.4. The van der Waals surface area contributed by atoms with Gasteiger partial charge in [0.1, 0.15) is 5.15 Å². The van der Waals surface area contributed by atoms with E-state index in [9.17, 15) is 5.11 Å². The third-order valence-electron chi connectivity index (χ3n) is 2.05. The van der Waals surface area contributed by atoms with Gasteiger partial charge in [0.25, 0.3) is 0 Å². The highest BCUT2D eigenvalue weighted by Gasteiger charge is 2.78. The standard InChI is InChI=1S/C6I13O/c7-1(3(9,10)11,4(12,13)14)2(8,5(15,16)17)6(18,19)20. The molecule has 0 aliphatic carbocycles. The van der Waals surface area contributed by atoms with Crippen LogP contribution in [-0.4, -0.2) is 6.76 Å². The molecule has 0 amide bonds. The van der Waals surface area contributed by atoms with Gasteiger partial charge in [-0.1, -0.05) is 248 Å². The molecule has 0 saturated heterocycles. The van der Waals surface area contributed by atoms with Crippen LogP contribution in [0.25, 0.3) is 0 Å². The van der Waals surface area contributed by atoms with Gasteiger partial charge in [-0.25, -0.2) is 5.11 Å². The van der Waals surface area contributed by atoms with Crippen LogP contribution in [0, 0.1) is 0 Å². The zero-order valence-electron chi connectivity index (χ0n) is 8.32. The van der Waals surface area contributed by atoms with Crippen molar-refractivity contribution < 1.29 is 5.11 Å². The number of hydrogen-bond donors (Lipinski definition) is 0. The third kappa shape index (κ3) is 6.48. The Balaban J connectivity index is 6.71. The van der Waals surface area contributed by atoms with Gasteiger partial charge in [0, 0.05) is 0 Å². The van der Waals surface area contributed by atoms with Gasteiger partial charge in [0.05, 0.1) is 0 Å². The van der Waals surface area contributed by atoms with E-state index >= 15 is 0 Å². The van der Waals surface area contributed by atoms with E-state index in [0.717, 1.165) is 0 Å². The van der Waals surface area contributed by atoms with E-state index in [1.165, 1.54) is 0 Å². The normalized spacial score (nSPS) is 18.9. The van der Waals surface area contributed by atoms with Crippen molar-refractivity contribution in [3.8, 4) is 0 Å². The van der Waals surface area contributed by atoms with Crippen molar-refractivity contribution in [3.05, 3.63) is 0 Å². The number of halogens is 13. The lowest BCUT2D eigenvalue weighted by Gasteiger charge is -2.57. The largest absolute Gasteiger partial charge is 0.222 e. The second kappa shape index (κ2) is 10.4. The van der Waals surface area contributed by atoms with E-state index in [0.29, 0.717) is 0 Å². The maximum Gasteiger partial charge on any atom is 0.222 e. The van der Waals surface area contributed by atoms with Crippen LogP contribution in [-0.2, 0) is 5.11 Å². The number of alkyl halides is 13. The molecule has 0 aliphatic rings. The van der Waals surface area contributed by atoms with Crippen molar-refractivity contribution in [2.45, 2.75) is 6.76 Å². The predicted molar refractivity (Wildman–Crippen MR) is 199 cm³/mol. The molecule has 0 saturated carbocycles. The molecular weight excluding hydrogens is 1740 g/mol. The molecule has 14 heteroatoms. The average molecular weight is 1740 g/mol. The lowest BCUT2D eigenvalue weighted by Crippen LogP contribution is -2.70. The van der Waals surface area contributed by atoms with Crippen LogP contribution in [0.1, 0.15) is 0 Å². The molecule has 20 heavy (non-hydrogen) atoms. The minimum atomic E-state index is -1.15. The summed E-state index contributed by atoms with van der Waals surface area (Å²) in [6.07, 6.45) is 0. The van der Waals surface area contributed by atoms with Crippen molar-refractivity contribution in [1.29, 1.82) is 0 Å². The fourth-order valence-corrected chi connectivity index (χ4v) is 24.9. The van der Waals surface area contributed by atoms with Crippen LogP contribution >= 0.6 is 294 Å². The van der Waals surface area contributed by atoms with Gasteiger partial charge in [0.2, 0.25) is 1.61 Å². The molecule has 0 bridgehead atoms. The molecule has 1 unspecified atom stereocenters. The molecule has 1 nitrogen and oxygen atoms in total. The highest BCUT2D eigenvalue weighted by Crippen LogP contribution is 2.77. The lowest BCUT2D eigenvalue weighted by atomic mass is 9.98. The van der Waals surface area contributed by atoms with E-state index in [-0.39, 0.29) is 1.73 Å². The summed E-state index contributed by atoms with van der Waals surface area (Å²) in [5.74, 6) is 0. The Labute approximate surface area is 296 Å². The van der Waals surface area contributed by atoms with Crippen molar-refractivity contribution >= 4 is 294 Å². The lowest BCUT2D eigenvalue weighted by molar-refractivity contribution is 0.131. The molecule has 0 fully saturated rings. The molecule has 0 aliphatic heterocycles. The minimum absolute atomic E-state index is 0.121. The predicted octanol–water partition coefficient (Wildman–Crippen LogP) is 10.2. The fourth-order valence-electron chi connectivity index (χ4n) is 1.11. The van der Waals surface area contributed by atoms with Crippen molar-refractivity contribution in [2.24, 2.45) is 0 Å². The summed E-state index contributed by atoms with van der Waals surface area (Å²) in [6.45, 7) is 0. The van der Waals surface area contributed by atoms with E-state index in [4.69, 9.17) is 0 Å². The van der Waals surface area contributed by atoms with Gasteiger partial charge in [0.15, 0.2) is 0 Å². The molecule has 0 rings (SSSR count). The molecular formula is C6I13O. The van der Waals surface area contributed by atoms with Gasteiger partial charge in [-0.2, -0.15) is 0 Å². The summed E-state index contributed by atoms with van der Waals surface area (Å²) in [4.78, 5) is 0. The number of hydrogen-bond acceptors (Lipinski definition) is 0. The van der Waals surface area contributed by atoms with Crippen LogP contribution in [0.5, 0.6) is 0 Å². The Bertz CT molecular complexity index is 289. The van der Waals surface area contributed by atoms with Gasteiger partial charge < -0.3 is 0 Å². The maximum atomic E-state index is 13.2. The fraction of sp³-hybridized carbons (Fsp3) is 1.00. The molecule has 0 heterocycles. The number of rotatable bonds is 5. The van der Waals surface area contributed by atoms with Crippen LogP contribution in [0.4, 0.5) is 0 Å². The summed E-state index contributed by atoms with van der Waals surface area (Å²) in [5.41, 5.74) is 0. The van der Waals surface area contributed by atoms with E-state index < -0.39 is 5.04 Å². The minimum Gasteiger partial charge on any atom is -0.205 e. The summed E-state index contributed by atoms with van der Waals surface area (Å²) >= 11 is 31.2. The first kappa shape index (κ1) is 29.5. The molecule has 121 valence electrons. The van der Waals surface area contributed by atoms with E-state index in [1.807, 2.05) is 0 Å². The Morgan fingerprint density at radius 2 is 0.600 bits per heavy atom. The quantitative estimate of drug-likeness (QED) is 0.193. The van der Waals surface area contributed by atoms with E-state index in [2.05, 4.69) is 294 Å². The first-order chi connectivity index (χ1) is 8.25. The SMILES string of the molecule is [O]C(I)(I)C(I)(C(I)(I)I)C(I)(C(I)(I)I)C(I)(I)I. The highest BCUT2D eigenvalue weighted by molar-refractivity contribution is 14.3. The van der Waals surface area contributed by atoms with Crippen LogP contribution < -0.4 is 0 Å². The Kier molecular flexibility index (Phi) is 15.3. The molecule has 0 aromatic carbocycles. The summed E-state index contributed by atoms with van der Waals surface area (Å²) in [7, 11) is 0. The van der Waals surface area contributed by atoms with Crippen molar-refractivity contribution in [3.63, 3.8) is 0 Å². The van der Waals surface area contributed by atoms with Crippen LogP contribution in [0.2, 0.25) is 0 Å². The summed E-state index contributed by atoms with van der Waals surface area (Å²) < 4.78 is -2.41. The molecule has 0 aromatic rings. The first-order valence-electron chi connectivity index (χ1n) is 3.91. The summed E-state index contributed by atoms with van der Waals surface area (Å²) in [6, 6.07) is 0. The second-order valence-electron chi connectivity index (χ2n) is 3.33. The van der Waals surface area contributed by atoms with Gasteiger partial charge in [-0.15, -0.1) is 0 Å². The Hall–Kier alpha value is 9.45. The van der Waals surface area contributed by atoms with Crippen LogP contribution in [0.3, 0.4) is 0 Å². The van der Waals surface area contributed by atoms with Gasteiger partial charge in [-0.3, -0.25) is 0 Å². The van der Waals surface area contributed by atoms with Crippen LogP contribution in [0.15, 0.2) is 0 Å². The molecule has 1 atom stereocenters. The van der Waals surface area contributed by atoms with Gasteiger partial charge >= 0.3 is 0 Å². The Morgan fingerprint density at radius 1 is 0.400 bits per heavy atom. The first-order valence-corrected chi connectivity index (χ1v) is 17.9. The molecule has 0 N–H and O–H groups in total. The molecule has 0 aromatic heterocycles.